The summed E-state index contributed by atoms with van der Waals surface area (Å²) >= 11 is 2.16. The van der Waals surface area contributed by atoms with Crippen molar-refractivity contribution in [1.82, 2.24) is 4.72 Å². The molecular weight excluding hydrogens is 427 g/mol. The second-order valence-electron chi connectivity index (χ2n) is 5.09. The fourth-order valence-corrected chi connectivity index (χ4v) is 3.73. The van der Waals surface area contributed by atoms with E-state index in [0.717, 1.165) is 9.13 Å². The van der Waals surface area contributed by atoms with Gasteiger partial charge >= 0.3 is 0 Å². The maximum atomic E-state index is 12.4. The van der Waals surface area contributed by atoms with Crippen molar-refractivity contribution in [2.75, 3.05) is 12.4 Å². The van der Waals surface area contributed by atoms with Gasteiger partial charge in [-0.1, -0.05) is 6.07 Å². The SMILES string of the molecule is CNS(=O)(=O)c1cc(C(=O)Nc2cccc(I)c2)cc(C)c1C. The number of carbonyl (C=O) groups is 1. The molecule has 1 amide bonds. The van der Waals surface area contributed by atoms with E-state index in [0.29, 0.717) is 16.8 Å². The van der Waals surface area contributed by atoms with Crippen LogP contribution in [0.2, 0.25) is 0 Å². The van der Waals surface area contributed by atoms with E-state index in [4.69, 9.17) is 0 Å². The summed E-state index contributed by atoms with van der Waals surface area (Å²) in [6.07, 6.45) is 0. The number of benzene rings is 2. The standard InChI is InChI=1S/C16H17IN2O3S/c1-10-7-12(8-15(11(10)2)23(21,22)18-3)16(20)19-14-6-4-5-13(17)9-14/h4-9,18H,1-3H3,(H,19,20). The smallest absolute Gasteiger partial charge is 0.255 e. The Bertz CT molecular complexity index is 864. The fourth-order valence-electron chi connectivity index (χ4n) is 2.12. The Kier molecular flexibility index (Phi) is 5.43. The summed E-state index contributed by atoms with van der Waals surface area (Å²) in [4.78, 5) is 12.5. The van der Waals surface area contributed by atoms with Crippen LogP contribution >= 0.6 is 22.6 Å². The Labute approximate surface area is 149 Å². The summed E-state index contributed by atoms with van der Waals surface area (Å²) in [6, 6.07) is 10.5. The minimum absolute atomic E-state index is 0.118. The molecule has 0 unspecified atom stereocenters. The van der Waals surface area contributed by atoms with E-state index in [1.165, 1.54) is 13.1 Å². The number of rotatable bonds is 4. The van der Waals surface area contributed by atoms with E-state index in [2.05, 4.69) is 32.6 Å². The number of halogens is 1. The highest BCUT2D eigenvalue weighted by atomic mass is 127. The normalized spacial score (nSPS) is 11.3. The quantitative estimate of drug-likeness (QED) is 0.712. The second-order valence-corrected chi connectivity index (χ2v) is 8.19. The minimum atomic E-state index is -3.62. The van der Waals surface area contributed by atoms with Gasteiger partial charge in [0.05, 0.1) is 4.90 Å². The third kappa shape index (κ3) is 4.10. The van der Waals surface area contributed by atoms with E-state index >= 15 is 0 Å². The Balaban J connectivity index is 2.42. The molecule has 2 aromatic carbocycles. The summed E-state index contributed by atoms with van der Waals surface area (Å²) in [5.74, 6) is -0.345. The van der Waals surface area contributed by atoms with Crippen LogP contribution < -0.4 is 10.0 Å². The Morgan fingerprint density at radius 2 is 1.83 bits per heavy atom. The first-order valence-electron chi connectivity index (χ1n) is 6.86. The van der Waals surface area contributed by atoms with Crippen LogP contribution in [0, 0.1) is 17.4 Å². The predicted molar refractivity (Wildman–Crippen MR) is 99.3 cm³/mol. The number of hydrogen-bond acceptors (Lipinski definition) is 3. The zero-order valence-electron chi connectivity index (χ0n) is 13.0. The second kappa shape index (κ2) is 6.98. The molecule has 2 rings (SSSR count). The molecule has 2 N–H and O–H groups in total. The van der Waals surface area contributed by atoms with Gasteiger partial charge in [0.25, 0.3) is 5.91 Å². The lowest BCUT2D eigenvalue weighted by molar-refractivity contribution is 0.102. The van der Waals surface area contributed by atoms with Gasteiger partial charge in [-0.05, 0) is 84.9 Å². The van der Waals surface area contributed by atoms with Crippen LogP contribution in [-0.4, -0.2) is 21.4 Å². The average Bonchev–Trinajstić information content (AvgIpc) is 2.49. The van der Waals surface area contributed by atoms with Gasteiger partial charge in [0.15, 0.2) is 0 Å². The van der Waals surface area contributed by atoms with Gasteiger partial charge < -0.3 is 5.32 Å². The molecule has 0 saturated carbocycles. The highest BCUT2D eigenvalue weighted by Gasteiger charge is 2.19. The largest absolute Gasteiger partial charge is 0.322 e. The van der Waals surface area contributed by atoms with Crippen LogP contribution in [-0.2, 0) is 10.0 Å². The Hall–Kier alpha value is -1.45. The van der Waals surface area contributed by atoms with Crippen molar-refractivity contribution < 1.29 is 13.2 Å². The lowest BCUT2D eigenvalue weighted by Gasteiger charge is -2.12. The molecule has 0 aliphatic rings. The molecule has 0 bridgehead atoms. The number of hydrogen-bond donors (Lipinski definition) is 2. The first kappa shape index (κ1) is 17.9. The van der Waals surface area contributed by atoms with E-state index in [1.54, 1.807) is 26.0 Å². The first-order chi connectivity index (χ1) is 10.7. The molecule has 0 spiro atoms. The molecule has 0 heterocycles. The maximum absolute atomic E-state index is 12.4. The molecule has 0 aliphatic carbocycles. The number of anilines is 1. The molecule has 23 heavy (non-hydrogen) atoms. The fraction of sp³-hybridized carbons (Fsp3) is 0.188. The maximum Gasteiger partial charge on any atom is 0.255 e. The molecule has 0 aliphatic heterocycles. The summed E-state index contributed by atoms with van der Waals surface area (Å²) < 4.78 is 27.5. The molecular formula is C16H17IN2O3S. The van der Waals surface area contributed by atoms with E-state index in [1.807, 2.05) is 18.2 Å². The monoisotopic (exact) mass is 444 g/mol. The number of carbonyl (C=O) groups excluding carboxylic acids is 1. The van der Waals surface area contributed by atoms with Gasteiger partial charge in [0, 0.05) is 14.8 Å². The molecule has 2 aromatic rings. The topological polar surface area (TPSA) is 75.3 Å². The summed E-state index contributed by atoms with van der Waals surface area (Å²) in [6.45, 7) is 3.51. The van der Waals surface area contributed by atoms with Crippen molar-refractivity contribution in [3.63, 3.8) is 0 Å². The van der Waals surface area contributed by atoms with E-state index in [9.17, 15) is 13.2 Å². The van der Waals surface area contributed by atoms with Crippen molar-refractivity contribution in [2.45, 2.75) is 18.7 Å². The Morgan fingerprint density at radius 1 is 1.13 bits per heavy atom. The van der Waals surface area contributed by atoms with Gasteiger partial charge in [0.1, 0.15) is 0 Å². The van der Waals surface area contributed by atoms with Crippen molar-refractivity contribution in [1.29, 1.82) is 0 Å². The van der Waals surface area contributed by atoms with Gasteiger partial charge in [-0.2, -0.15) is 0 Å². The molecule has 122 valence electrons. The van der Waals surface area contributed by atoms with Gasteiger partial charge in [-0.3, -0.25) is 4.79 Å². The molecule has 0 radical (unpaired) electrons. The molecule has 7 heteroatoms. The third-order valence-electron chi connectivity index (χ3n) is 3.52. The van der Waals surface area contributed by atoms with Crippen molar-refractivity contribution in [3.05, 3.63) is 56.7 Å². The van der Waals surface area contributed by atoms with Crippen LogP contribution in [0.3, 0.4) is 0 Å². The summed E-state index contributed by atoms with van der Waals surface area (Å²) in [5, 5.41) is 2.78. The van der Waals surface area contributed by atoms with Gasteiger partial charge in [-0.15, -0.1) is 0 Å². The summed E-state index contributed by atoms with van der Waals surface area (Å²) in [7, 11) is -2.27. The zero-order chi connectivity index (χ0) is 17.2. The lowest BCUT2D eigenvalue weighted by atomic mass is 10.1. The van der Waals surface area contributed by atoms with Gasteiger partial charge in [0.2, 0.25) is 10.0 Å². The summed E-state index contributed by atoms with van der Waals surface area (Å²) in [5.41, 5.74) is 2.35. The van der Waals surface area contributed by atoms with Crippen LogP contribution in [0.1, 0.15) is 21.5 Å². The minimum Gasteiger partial charge on any atom is -0.322 e. The molecule has 0 aromatic heterocycles. The predicted octanol–water partition coefficient (Wildman–Crippen LogP) is 3.07. The van der Waals surface area contributed by atoms with Crippen molar-refractivity contribution >= 4 is 44.2 Å². The third-order valence-corrected chi connectivity index (χ3v) is 5.73. The lowest BCUT2D eigenvalue weighted by Crippen LogP contribution is -2.21. The first-order valence-corrected chi connectivity index (χ1v) is 9.42. The molecule has 5 nitrogen and oxygen atoms in total. The Morgan fingerprint density at radius 3 is 2.43 bits per heavy atom. The van der Waals surface area contributed by atoms with Crippen molar-refractivity contribution in [3.8, 4) is 0 Å². The number of sulfonamides is 1. The van der Waals surface area contributed by atoms with Crippen LogP contribution in [0.15, 0.2) is 41.3 Å². The molecule has 0 saturated heterocycles. The van der Waals surface area contributed by atoms with Crippen LogP contribution in [0.4, 0.5) is 5.69 Å². The highest BCUT2D eigenvalue weighted by molar-refractivity contribution is 14.1. The number of amides is 1. The van der Waals surface area contributed by atoms with E-state index in [-0.39, 0.29) is 10.8 Å². The molecule has 0 fully saturated rings. The highest BCUT2D eigenvalue weighted by Crippen LogP contribution is 2.22. The van der Waals surface area contributed by atoms with Crippen LogP contribution in [0.5, 0.6) is 0 Å². The van der Waals surface area contributed by atoms with Crippen molar-refractivity contribution in [2.24, 2.45) is 0 Å². The van der Waals surface area contributed by atoms with E-state index < -0.39 is 10.0 Å². The van der Waals surface area contributed by atoms with Gasteiger partial charge in [-0.25, -0.2) is 13.1 Å². The number of aryl methyl sites for hydroxylation is 1. The van der Waals surface area contributed by atoms with Crippen LogP contribution in [0.25, 0.3) is 0 Å². The molecule has 0 atom stereocenters. The average molecular weight is 444 g/mol. The zero-order valence-corrected chi connectivity index (χ0v) is 15.9. The number of nitrogens with one attached hydrogen (secondary N) is 2.